The molecule has 4 saturated heterocycles. The average Bonchev–Trinajstić information content (AvgIpc) is 4.36. The summed E-state index contributed by atoms with van der Waals surface area (Å²) in [5.74, 6) is 4.69. The molecule has 26 nitrogen and oxygen atoms in total. The summed E-state index contributed by atoms with van der Waals surface area (Å²) in [6, 6.07) is 0. The molecule has 0 amide bonds. The molecule has 9 aliphatic rings. The maximum Gasteiger partial charge on any atom is 0.104 e. The van der Waals surface area contributed by atoms with Crippen molar-refractivity contribution >= 4 is 29.2 Å². The minimum Gasteiger partial charge on any atom is -0.389 e. The Bertz CT molecular complexity index is 1710. The minimum atomic E-state index is -0.870. The number of aliphatic hydroxyl groups is 4. The monoisotopic (exact) mass is 1140 g/mol. The van der Waals surface area contributed by atoms with Crippen molar-refractivity contribution in [2.75, 3.05) is 224 Å². The van der Waals surface area contributed by atoms with Crippen LogP contribution in [0, 0.1) is 10.8 Å². The van der Waals surface area contributed by atoms with Gasteiger partial charge in [-0.15, -0.1) is 0 Å². The van der Waals surface area contributed by atoms with E-state index in [2.05, 4.69) is 30.3 Å². The molecular formula is C54H96N10O16. The van der Waals surface area contributed by atoms with E-state index < -0.39 is 29.8 Å². The van der Waals surface area contributed by atoms with Crippen molar-refractivity contribution in [3.63, 3.8) is 0 Å². The second-order valence-electron chi connectivity index (χ2n) is 22.5. The lowest BCUT2D eigenvalue weighted by Gasteiger charge is -2.35. The molecule has 0 aromatic carbocycles. The molecule has 0 aliphatic carbocycles. The zero-order chi connectivity index (χ0) is 56.6. The van der Waals surface area contributed by atoms with Gasteiger partial charge < -0.3 is 102 Å². The number of ether oxygens (including phenoxy) is 12. The molecule has 0 bridgehead atoms. The molecule has 0 radical (unpaired) electrons. The number of rotatable bonds is 40. The van der Waals surface area contributed by atoms with E-state index in [4.69, 9.17) is 56.8 Å². The average molecular weight is 1140 g/mol. The summed E-state index contributed by atoms with van der Waals surface area (Å²) in [6.45, 7) is 27.7. The highest BCUT2D eigenvalue weighted by Gasteiger charge is 2.38. The Balaban J connectivity index is 0.000000244. The second-order valence-corrected chi connectivity index (χ2v) is 22.5. The maximum atomic E-state index is 10.8. The van der Waals surface area contributed by atoms with Gasteiger partial charge in [0.25, 0.3) is 0 Å². The van der Waals surface area contributed by atoms with Gasteiger partial charge in [-0.2, -0.15) is 0 Å². The van der Waals surface area contributed by atoms with Crippen LogP contribution in [0.15, 0.2) is 25.0 Å². The number of aliphatic imine (C=N–C) groups is 5. The minimum absolute atomic E-state index is 0.0775. The summed E-state index contributed by atoms with van der Waals surface area (Å²) in [5.41, 5.74) is -1.22. The Kier molecular flexibility index (Phi) is 27.2. The molecule has 5 N–H and O–H groups in total. The van der Waals surface area contributed by atoms with E-state index in [0.717, 1.165) is 121 Å². The van der Waals surface area contributed by atoms with Gasteiger partial charge in [0.2, 0.25) is 0 Å². The molecule has 0 aromatic rings. The van der Waals surface area contributed by atoms with Crippen molar-refractivity contribution in [1.29, 1.82) is 0 Å². The molecule has 80 heavy (non-hydrogen) atoms. The van der Waals surface area contributed by atoms with Crippen LogP contribution >= 0.6 is 0 Å². The first-order valence-corrected chi connectivity index (χ1v) is 28.8. The Morgan fingerprint density at radius 3 is 0.838 bits per heavy atom. The van der Waals surface area contributed by atoms with Crippen LogP contribution in [0.4, 0.5) is 0 Å². The van der Waals surface area contributed by atoms with Gasteiger partial charge in [-0.3, -0.25) is 25.0 Å². The number of epoxide rings is 4. The topological polar surface area (TPSA) is 292 Å². The lowest BCUT2D eigenvalue weighted by atomic mass is 9.92. The van der Waals surface area contributed by atoms with Crippen LogP contribution in [-0.2, 0) is 56.8 Å². The molecule has 4 fully saturated rings. The van der Waals surface area contributed by atoms with Gasteiger partial charge in [0.15, 0.2) is 0 Å². The van der Waals surface area contributed by atoms with E-state index in [1.54, 1.807) is 0 Å². The number of hydrogen-bond donors (Lipinski definition) is 5. The molecule has 8 atom stereocenters. The van der Waals surface area contributed by atoms with Crippen LogP contribution < -0.4 is 5.32 Å². The Labute approximate surface area is 473 Å². The van der Waals surface area contributed by atoms with Crippen molar-refractivity contribution in [2.45, 2.75) is 83.5 Å². The number of aliphatic hydroxyl groups excluding tert-OH is 4. The summed E-state index contributed by atoms with van der Waals surface area (Å²) >= 11 is 0. The van der Waals surface area contributed by atoms with E-state index in [0.29, 0.717) is 79.0 Å². The van der Waals surface area contributed by atoms with Crippen LogP contribution in [-0.4, -0.2) is 342 Å². The van der Waals surface area contributed by atoms with Crippen LogP contribution in [0.2, 0.25) is 0 Å². The molecule has 458 valence electrons. The lowest BCUT2D eigenvalue weighted by Crippen LogP contribution is -2.46. The number of nitrogens with zero attached hydrogens (tertiary/aromatic N) is 9. The molecular weight excluding hydrogens is 1040 g/mol. The molecule has 9 heterocycles. The number of β-amino-alcohol motifs (C(OH)–C–C–N with tert-alkyl or cyclic N) is 4. The van der Waals surface area contributed by atoms with Gasteiger partial charge >= 0.3 is 0 Å². The normalized spacial score (nSPS) is 25.7. The van der Waals surface area contributed by atoms with Crippen LogP contribution in [0.3, 0.4) is 0 Å². The Morgan fingerprint density at radius 2 is 0.662 bits per heavy atom. The lowest BCUT2D eigenvalue weighted by molar-refractivity contribution is -0.132. The van der Waals surface area contributed by atoms with Crippen LogP contribution in [0.5, 0.6) is 0 Å². The summed E-state index contributed by atoms with van der Waals surface area (Å²) in [5, 5.41) is 46.2. The third-order valence-corrected chi connectivity index (χ3v) is 14.6. The second kappa shape index (κ2) is 33.9. The first-order valence-electron chi connectivity index (χ1n) is 28.8. The molecule has 9 aliphatic heterocycles. The predicted molar refractivity (Wildman–Crippen MR) is 299 cm³/mol. The SMILES string of the molecule is C(OCC(COCC1CO1)(COCC1CO1)COCC1CO1)C1CO1.CC1=NCCN1.CC1=NCCN1CC(O)COCC(COCC(O)CN1CCN=C1C)(COCC(O)CN1CCN=C1C)COCC(O)CN1CCN=C1C. The molecule has 8 unspecified atom stereocenters. The summed E-state index contributed by atoms with van der Waals surface area (Å²) in [7, 11) is 0. The van der Waals surface area contributed by atoms with Gasteiger partial charge in [-0.05, 0) is 34.6 Å². The van der Waals surface area contributed by atoms with E-state index in [9.17, 15) is 20.4 Å². The molecule has 0 spiro atoms. The van der Waals surface area contributed by atoms with Gasteiger partial charge in [-0.25, -0.2) is 0 Å². The molecule has 0 aromatic heterocycles. The standard InChI is InChI=1S/C33H60N8O8.C17H28O8.C4H8N2/c1-25-34-5-9-38(25)13-29(42)17-46-21-33(22-47-18-30(43)14-39-10-6-35-26(39)2,23-48-19-31(44)15-40-11-7-36-27(40)3)24-49-20-32(45)16-41-12-8-37-28(41)4;1(13-5-22-13)18-9-17(10-19-2-14-6-23-14,11-20-3-15-7-24-15)12-21-4-16-8-25-16;1-4-5-2-3-6-4/h29-32,42-45H,5-24H2,1-4H3;13-16H,1-12H2;2-3H2,1H3,(H,5,6). The predicted octanol–water partition coefficient (Wildman–Crippen LogP) is -1.94. The summed E-state index contributed by atoms with van der Waals surface area (Å²) in [4.78, 5) is 29.8. The van der Waals surface area contributed by atoms with E-state index in [1.165, 1.54) is 0 Å². The number of nitrogens with one attached hydrogen (secondary N) is 1. The van der Waals surface area contributed by atoms with Gasteiger partial charge in [0, 0.05) is 58.9 Å². The zero-order valence-corrected chi connectivity index (χ0v) is 48.4. The number of amidine groups is 5. The fourth-order valence-corrected chi connectivity index (χ4v) is 9.45. The van der Waals surface area contributed by atoms with Crippen molar-refractivity contribution in [3.8, 4) is 0 Å². The highest BCUT2D eigenvalue weighted by molar-refractivity contribution is 5.82. The van der Waals surface area contributed by atoms with Crippen LogP contribution in [0.25, 0.3) is 0 Å². The van der Waals surface area contributed by atoms with E-state index in [-0.39, 0.29) is 82.7 Å². The summed E-state index contributed by atoms with van der Waals surface area (Å²) in [6.07, 6.45) is -2.02. The highest BCUT2D eigenvalue weighted by Crippen LogP contribution is 2.26. The Hall–Kier alpha value is -3.29. The van der Waals surface area contributed by atoms with Gasteiger partial charge in [-0.1, -0.05) is 0 Å². The van der Waals surface area contributed by atoms with Crippen molar-refractivity contribution in [2.24, 2.45) is 35.8 Å². The van der Waals surface area contributed by atoms with Gasteiger partial charge in [0.1, 0.15) is 24.4 Å². The van der Waals surface area contributed by atoms with Gasteiger partial charge in [0.05, 0.1) is 229 Å². The zero-order valence-electron chi connectivity index (χ0n) is 48.4. The van der Waals surface area contributed by atoms with E-state index >= 15 is 0 Å². The fraction of sp³-hybridized carbons (Fsp3) is 0.907. The van der Waals surface area contributed by atoms with E-state index in [1.807, 2.05) is 54.2 Å². The summed E-state index contributed by atoms with van der Waals surface area (Å²) < 4.78 is 68.9. The quantitative estimate of drug-likeness (QED) is 0.0417. The Morgan fingerprint density at radius 1 is 0.412 bits per heavy atom. The third kappa shape index (κ3) is 24.9. The highest BCUT2D eigenvalue weighted by atomic mass is 16.6. The molecule has 9 rings (SSSR count). The van der Waals surface area contributed by atoms with Crippen LogP contribution in [0.1, 0.15) is 34.6 Å². The maximum absolute atomic E-state index is 10.8. The van der Waals surface area contributed by atoms with Crippen molar-refractivity contribution in [3.05, 3.63) is 0 Å². The largest absolute Gasteiger partial charge is 0.389 e. The smallest absolute Gasteiger partial charge is 0.104 e. The first-order chi connectivity index (χ1) is 38.7. The third-order valence-electron chi connectivity index (χ3n) is 14.6. The molecule has 0 saturated carbocycles. The van der Waals surface area contributed by atoms with Crippen molar-refractivity contribution < 1.29 is 77.3 Å². The van der Waals surface area contributed by atoms with Crippen molar-refractivity contribution in [1.82, 2.24) is 24.9 Å². The molecule has 26 heteroatoms. The fourth-order valence-electron chi connectivity index (χ4n) is 9.45. The number of hydrogen-bond acceptors (Lipinski definition) is 26. The first kappa shape index (κ1) is 64.3.